The number of rotatable bonds is 1. The first-order valence-corrected chi connectivity index (χ1v) is 3.78. The molecule has 0 N–H and O–H groups in total. The Morgan fingerprint density at radius 3 is 3.00 bits per heavy atom. The van der Waals surface area contributed by atoms with Crippen molar-refractivity contribution in [3.8, 4) is 0 Å². The highest BCUT2D eigenvalue weighted by atomic mass is 15.3. The lowest BCUT2D eigenvalue weighted by Gasteiger charge is -2.16. The van der Waals surface area contributed by atoms with E-state index in [4.69, 9.17) is 0 Å². The molecule has 1 aliphatic rings. The Hall–Kier alpha value is -1.58. The molecule has 0 aromatic carbocycles. The largest absolute Gasteiger partial charge is 0.325 e. The van der Waals surface area contributed by atoms with Crippen LogP contribution in [0.3, 0.4) is 0 Å². The molecular formula is C8H10N4. The molecule has 1 aliphatic heterocycles. The standard InChI is InChI=1S/C8H10N4/c1-11-6-8(5-10-11)12-4-2-3-9-7-12/h2-6H,7H2,1H3. The number of hydrogen-bond donors (Lipinski definition) is 0. The molecule has 0 atom stereocenters. The predicted molar refractivity (Wildman–Crippen MR) is 48.2 cm³/mol. The van der Waals surface area contributed by atoms with E-state index >= 15 is 0 Å². The van der Waals surface area contributed by atoms with E-state index in [2.05, 4.69) is 10.1 Å². The lowest BCUT2D eigenvalue weighted by Crippen LogP contribution is -2.17. The summed E-state index contributed by atoms with van der Waals surface area (Å²) in [6.07, 6.45) is 9.49. The minimum Gasteiger partial charge on any atom is -0.325 e. The summed E-state index contributed by atoms with van der Waals surface area (Å²) < 4.78 is 1.78. The molecule has 0 spiro atoms. The zero-order chi connectivity index (χ0) is 8.39. The van der Waals surface area contributed by atoms with Crippen LogP contribution in [0, 0.1) is 0 Å². The molecule has 62 valence electrons. The van der Waals surface area contributed by atoms with Crippen molar-refractivity contribution in [2.75, 3.05) is 11.6 Å². The van der Waals surface area contributed by atoms with Gasteiger partial charge in [0.1, 0.15) is 6.67 Å². The van der Waals surface area contributed by atoms with Gasteiger partial charge < -0.3 is 4.90 Å². The van der Waals surface area contributed by atoms with Crippen molar-refractivity contribution >= 4 is 11.9 Å². The zero-order valence-electron chi connectivity index (χ0n) is 6.88. The molecule has 2 heterocycles. The first-order valence-electron chi connectivity index (χ1n) is 3.78. The van der Waals surface area contributed by atoms with E-state index in [9.17, 15) is 0 Å². The maximum atomic E-state index is 4.12. The molecule has 4 heteroatoms. The van der Waals surface area contributed by atoms with Crippen LogP contribution in [0.25, 0.3) is 0 Å². The van der Waals surface area contributed by atoms with Gasteiger partial charge >= 0.3 is 0 Å². The molecule has 0 aliphatic carbocycles. The van der Waals surface area contributed by atoms with Crippen molar-refractivity contribution in [3.63, 3.8) is 0 Å². The number of aliphatic imine (C=N–C) groups is 1. The molecule has 0 amide bonds. The minimum atomic E-state index is 0.683. The fourth-order valence-corrected chi connectivity index (χ4v) is 1.11. The van der Waals surface area contributed by atoms with Crippen LogP contribution in [0.1, 0.15) is 0 Å². The van der Waals surface area contributed by atoms with Crippen LogP contribution in [0.4, 0.5) is 5.69 Å². The molecule has 2 rings (SSSR count). The van der Waals surface area contributed by atoms with Crippen molar-refractivity contribution in [1.29, 1.82) is 0 Å². The van der Waals surface area contributed by atoms with Crippen molar-refractivity contribution in [2.45, 2.75) is 0 Å². The third-order valence-electron chi connectivity index (χ3n) is 1.71. The van der Waals surface area contributed by atoms with Crippen LogP contribution in [-0.4, -0.2) is 22.7 Å². The van der Waals surface area contributed by atoms with Crippen LogP contribution in [0.15, 0.2) is 29.7 Å². The number of aryl methyl sites for hydroxylation is 1. The van der Waals surface area contributed by atoms with Crippen LogP contribution < -0.4 is 4.90 Å². The van der Waals surface area contributed by atoms with Crippen molar-refractivity contribution < 1.29 is 0 Å². The quantitative estimate of drug-likeness (QED) is 0.611. The maximum Gasteiger partial charge on any atom is 0.114 e. The van der Waals surface area contributed by atoms with Crippen molar-refractivity contribution in [1.82, 2.24) is 9.78 Å². The highest BCUT2D eigenvalue weighted by Crippen LogP contribution is 2.13. The van der Waals surface area contributed by atoms with Gasteiger partial charge in [-0.15, -0.1) is 0 Å². The Balaban J connectivity index is 2.20. The first-order chi connectivity index (χ1) is 5.86. The smallest absolute Gasteiger partial charge is 0.114 e. The van der Waals surface area contributed by atoms with Crippen LogP contribution >= 0.6 is 0 Å². The third-order valence-corrected chi connectivity index (χ3v) is 1.71. The molecule has 0 saturated heterocycles. The van der Waals surface area contributed by atoms with Gasteiger partial charge in [0.05, 0.1) is 11.9 Å². The molecular weight excluding hydrogens is 152 g/mol. The van der Waals surface area contributed by atoms with Gasteiger partial charge in [-0.2, -0.15) is 5.10 Å². The fourth-order valence-electron chi connectivity index (χ4n) is 1.11. The topological polar surface area (TPSA) is 33.4 Å². The summed E-state index contributed by atoms with van der Waals surface area (Å²) in [5.41, 5.74) is 1.07. The van der Waals surface area contributed by atoms with Gasteiger partial charge in [0, 0.05) is 25.7 Å². The zero-order valence-corrected chi connectivity index (χ0v) is 6.88. The van der Waals surface area contributed by atoms with Gasteiger partial charge in [0.25, 0.3) is 0 Å². The average molecular weight is 162 g/mol. The Labute approximate surface area is 70.8 Å². The molecule has 0 radical (unpaired) electrons. The minimum absolute atomic E-state index is 0.683. The molecule has 0 bridgehead atoms. The Morgan fingerprint density at radius 2 is 2.42 bits per heavy atom. The molecule has 0 saturated carbocycles. The third kappa shape index (κ3) is 1.23. The van der Waals surface area contributed by atoms with Crippen molar-refractivity contribution in [3.05, 3.63) is 24.7 Å². The second-order valence-corrected chi connectivity index (χ2v) is 2.66. The summed E-state index contributed by atoms with van der Waals surface area (Å²) in [5.74, 6) is 0. The summed E-state index contributed by atoms with van der Waals surface area (Å²) >= 11 is 0. The highest BCUT2D eigenvalue weighted by molar-refractivity contribution is 5.73. The van der Waals surface area contributed by atoms with E-state index in [1.807, 2.05) is 36.6 Å². The van der Waals surface area contributed by atoms with Gasteiger partial charge in [0.2, 0.25) is 0 Å². The number of anilines is 1. The van der Waals surface area contributed by atoms with E-state index in [-0.39, 0.29) is 0 Å². The molecule has 0 unspecified atom stereocenters. The second-order valence-electron chi connectivity index (χ2n) is 2.66. The van der Waals surface area contributed by atoms with Crippen LogP contribution in [0.2, 0.25) is 0 Å². The number of aromatic nitrogens is 2. The van der Waals surface area contributed by atoms with Gasteiger partial charge in [-0.05, 0) is 6.08 Å². The predicted octanol–water partition coefficient (Wildman–Crippen LogP) is 0.782. The summed E-state index contributed by atoms with van der Waals surface area (Å²) in [6.45, 7) is 0.683. The van der Waals surface area contributed by atoms with E-state index < -0.39 is 0 Å². The molecule has 1 aromatic heterocycles. The maximum absolute atomic E-state index is 4.12. The summed E-state index contributed by atoms with van der Waals surface area (Å²) in [6, 6.07) is 0. The average Bonchev–Trinajstić information content (AvgIpc) is 2.54. The summed E-state index contributed by atoms with van der Waals surface area (Å²) in [7, 11) is 1.90. The van der Waals surface area contributed by atoms with Crippen molar-refractivity contribution in [2.24, 2.45) is 12.0 Å². The second kappa shape index (κ2) is 2.81. The molecule has 0 fully saturated rings. The monoisotopic (exact) mass is 162 g/mol. The van der Waals surface area contributed by atoms with E-state index in [0.717, 1.165) is 5.69 Å². The molecule has 4 nitrogen and oxygen atoms in total. The lowest BCUT2D eigenvalue weighted by atomic mass is 10.4. The summed E-state index contributed by atoms with van der Waals surface area (Å²) in [4.78, 5) is 6.16. The first kappa shape index (κ1) is 7.09. The van der Waals surface area contributed by atoms with Gasteiger partial charge in [-0.25, -0.2) is 0 Å². The Morgan fingerprint density at radius 1 is 1.50 bits per heavy atom. The van der Waals surface area contributed by atoms with E-state index in [1.165, 1.54) is 0 Å². The SMILES string of the molecule is Cn1cc(N2C=CC=NC2)cn1. The molecule has 1 aromatic rings. The van der Waals surface area contributed by atoms with E-state index in [0.29, 0.717) is 6.67 Å². The van der Waals surface area contributed by atoms with Crippen LogP contribution in [0.5, 0.6) is 0 Å². The fraction of sp³-hybridized carbons (Fsp3) is 0.250. The Kier molecular flexibility index (Phi) is 1.66. The summed E-state index contributed by atoms with van der Waals surface area (Å²) in [5, 5.41) is 4.08. The van der Waals surface area contributed by atoms with Gasteiger partial charge in [0.15, 0.2) is 0 Å². The number of allylic oxidation sites excluding steroid dienone is 1. The number of hydrogen-bond acceptors (Lipinski definition) is 3. The molecule has 12 heavy (non-hydrogen) atoms. The lowest BCUT2D eigenvalue weighted by molar-refractivity contribution is 0.767. The van der Waals surface area contributed by atoms with Gasteiger partial charge in [-0.1, -0.05) is 0 Å². The van der Waals surface area contributed by atoms with Crippen LogP contribution in [-0.2, 0) is 7.05 Å². The normalized spacial score (nSPS) is 15.6. The highest BCUT2D eigenvalue weighted by Gasteiger charge is 2.04. The van der Waals surface area contributed by atoms with E-state index in [1.54, 1.807) is 10.9 Å². The Bertz CT molecular complexity index is 324. The van der Waals surface area contributed by atoms with Gasteiger partial charge in [-0.3, -0.25) is 9.67 Å². The number of nitrogens with zero attached hydrogens (tertiary/aromatic N) is 4.